The predicted molar refractivity (Wildman–Crippen MR) is 99.5 cm³/mol. The molecule has 0 aromatic heterocycles. The number of hydrazone groups is 1. The van der Waals surface area contributed by atoms with Gasteiger partial charge in [-0.1, -0.05) is 47.6 Å². The second kappa shape index (κ2) is 7.58. The number of halogens is 1. The van der Waals surface area contributed by atoms with Gasteiger partial charge in [-0.15, -0.1) is 0 Å². The first-order chi connectivity index (χ1) is 12.0. The lowest BCUT2D eigenvalue weighted by atomic mass is 10.1. The largest absolute Gasteiger partial charge is 0.465 e. The lowest BCUT2D eigenvalue weighted by Crippen LogP contribution is -2.29. The molecule has 2 amide bonds. The summed E-state index contributed by atoms with van der Waals surface area (Å²) in [4.78, 5) is 22.9. The van der Waals surface area contributed by atoms with E-state index in [0.717, 1.165) is 16.8 Å². The first-order valence-corrected chi connectivity index (χ1v) is 8.74. The Bertz CT molecular complexity index is 839. The fourth-order valence-electron chi connectivity index (χ4n) is 2.35. The Balaban J connectivity index is 1.80. The molecule has 0 fully saturated rings. The van der Waals surface area contributed by atoms with Crippen LogP contribution in [-0.2, 0) is 6.54 Å². The summed E-state index contributed by atoms with van der Waals surface area (Å²) in [6.45, 7) is 0.262. The van der Waals surface area contributed by atoms with Gasteiger partial charge in [-0.25, -0.2) is 9.80 Å². The highest BCUT2D eigenvalue weighted by Crippen LogP contribution is 2.23. The normalized spacial score (nSPS) is 14.2. The molecular formula is C17H14ClN3O3S. The number of nitrogens with one attached hydrogen (secondary N) is 1. The van der Waals surface area contributed by atoms with Gasteiger partial charge in [0.15, 0.2) is 0 Å². The number of carbonyl (C=O) groups excluding carboxylic acids is 1. The molecule has 0 bridgehead atoms. The third-order valence-electron chi connectivity index (χ3n) is 3.47. The molecule has 2 aromatic carbocycles. The van der Waals surface area contributed by atoms with Crippen molar-refractivity contribution in [3.8, 4) is 0 Å². The summed E-state index contributed by atoms with van der Waals surface area (Å²) in [7, 11) is 0. The average molecular weight is 376 g/mol. The Kier molecular flexibility index (Phi) is 5.25. The number of rotatable bonds is 4. The number of hydrogen-bond donors (Lipinski definition) is 2. The van der Waals surface area contributed by atoms with E-state index in [9.17, 15) is 9.59 Å². The highest BCUT2D eigenvalue weighted by Gasteiger charge is 2.22. The van der Waals surface area contributed by atoms with Gasteiger partial charge in [0.05, 0.1) is 12.3 Å². The van der Waals surface area contributed by atoms with Crippen molar-refractivity contribution in [3.05, 3.63) is 64.7 Å². The van der Waals surface area contributed by atoms with E-state index < -0.39 is 6.09 Å². The molecule has 0 saturated heterocycles. The molecule has 0 unspecified atom stereocenters. The SMILES string of the molecule is O=C(O)Nc1cccc(CN2N=C(c3ccc(Cl)cc3)CSC2=O)c1. The highest BCUT2D eigenvalue weighted by molar-refractivity contribution is 8.14. The smallest absolute Gasteiger partial charge is 0.409 e. The van der Waals surface area contributed by atoms with E-state index in [1.54, 1.807) is 30.3 Å². The minimum Gasteiger partial charge on any atom is -0.465 e. The van der Waals surface area contributed by atoms with E-state index in [0.29, 0.717) is 16.5 Å². The van der Waals surface area contributed by atoms with Crippen molar-refractivity contribution < 1.29 is 14.7 Å². The van der Waals surface area contributed by atoms with Crippen LogP contribution in [0.3, 0.4) is 0 Å². The topological polar surface area (TPSA) is 82.0 Å². The molecule has 0 atom stereocenters. The lowest BCUT2D eigenvalue weighted by molar-refractivity contribution is 0.209. The van der Waals surface area contributed by atoms with Crippen molar-refractivity contribution in [3.63, 3.8) is 0 Å². The minimum atomic E-state index is -1.13. The van der Waals surface area contributed by atoms with Crippen LogP contribution in [0, 0.1) is 0 Å². The van der Waals surface area contributed by atoms with Crippen LogP contribution in [0.5, 0.6) is 0 Å². The summed E-state index contributed by atoms with van der Waals surface area (Å²) < 4.78 is 0. The average Bonchev–Trinajstić information content (AvgIpc) is 2.57. The third-order valence-corrected chi connectivity index (χ3v) is 4.60. The van der Waals surface area contributed by atoms with Gasteiger partial charge in [-0.2, -0.15) is 5.10 Å². The molecule has 1 aliphatic rings. The number of benzene rings is 2. The molecule has 0 saturated carbocycles. The van der Waals surface area contributed by atoms with Crippen LogP contribution in [0.15, 0.2) is 53.6 Å². The summed E-state index contributed by atoms with van der Waals surface area (Å²) >= 11 is 7.08. The highest BCUT2D eigenvalue weighted by atomic mass is 35.5. The Hall–Kier alpha value is -2.51. The molecule has 1 aliphatic heterocycles. The second-order valence-corrected chi connectivity index (χ2v) is 6.66. The first kappa shape index (κ1) is 17.3. The monoisotopic (exact) mass is 375 g/mol. The fourth-order valence-corrected chi connectivity index (χ4v) is 3.21. The number of carboxylic acid groups (broad SMARTS) is 1. The molecule has 2 aromatic rings. The number of thioether (sulfide) groups is 1. The van der Waals surface area contributed by atoms with Crippen LogP contribution in [-0.4, -0.2) is 32.9 Å². The van der Waals surface area contributed by atoms with Crippen LogP contribution in [0.2, 0.25) is 5.02 Å². The van der Waals surface area contributed by atoms with Crippen molar-refractivity contribution in [2.75, 3.05) is 11.1 Å². The third kappa shape index (κ3) is 4.52. The zero-order valence-corrected chi connectivity index (χ0v) is 14.5. The molecule has 128 valence electrons. The quantitative estimate of drug-likeness (QED) is 0.824. The van der Waals surface area contributed by atoms with Crippen LogP contribution in [0.25, 0.3) is 0 Å². The Morgan fingerprint density at radius 2 is 2.04 bits per heavy atom. The van der Waals surface area contributed by atoms with Gasteiger partial charge in [0.25, 0.3) is 0 Å². The van der Waals surface area contributed by atoms with E-state index in [-0.39, 0.29) is 11.8 Å². The maximum Gasteiger partial charge on any atom is 0.409 e. The van der Waals surface area contributed by atoms with Crippen LogP contribution >= 0.6 is 23.4 Å². The molecule has 3 rings (SSSR count). The fraction of sp³-hybridized carbons (Fsp3) is 0.118. The second-order valence-electron chi connectivity index (χ2n) is 5.30. The molecule has 0 aliphatic carbocycles. The summed E-state index contributed by atoms with van der Waals surface area (Å²) in [5.74, 6) is 0.498. The Labute approximate surface area is 153 Å². The van der Waals surface area contributed by atoms with Crippen molar-refractivity contribution in [2.45, 2.75) is 6.54 Å². The maximum atomic E-state index is 12.1. The van der Waals surface area contributed by atoms with Crippen LogP contribution in [0.4, 0.5) is 15.3 Å². The summed E-state index contributed by atoms with van der Waals surface area (Å²) in [6.07, 6.45) is -1.13. The summed E-state index contributed by atoms with van der Waals surface area (Å²) in [5.41, 5.74) is 2.93. The number of amides is 2. The van der Waals surface area contributed by atoms with E-state index in [2.05, 4.69) is 10.4 Å². The van der Waals surface area contributed by atoms with Crippen molar-refractivity contribution >= 4 is 46.1 Å². The first-order valence-electron chi connectivity index (χ1n) is 7.38. The van der Waals surface area contributed by atoms with Gasteiger partial charge in [0, 0.05) is 16.5 Å². The molecule has 2 N–H and O–H groups in total. The standard InChI is InChI=1S/C17H14ClN3O3S/c18-13-6-4-12(5-7-13)15-10-25-17(24)21(20-15)9-11-2-1-3-14(8-11)19-16(22)23/h1-8,19H,9-10H2,(H,22,23). The van der Waals surface area contributed by atoms with Gasteiger partial charge in [0.1, 0.15) is 0 Å². The van der Waals surface area contributed by atoms with Crippen molar-refractivity contribution in [2.24, 2.45) is 5.10 Å². The van der Waals surface area contributed by atoms with Gasteiger partial charge in [-0.05, 0) is 35.4 Å². The minimum absolute atomic E-state index is 0.144. The summed E-state index contributed by atoms with van der Waals surface area (Å²) in [6, 6.07) is 14.2. The summed E-state index contributed by atoms with van der Waals surface area (Å²) in [5, 5.41) is 17.4. The molecule has 6 nitrogen and oxygen atoms in total. The number of hydrogen-bond acceptors (Lipinski definition) is 4. The maximum absolute atomic E-state index is 12.1. The Morgan fingerprint density at radius 1 is 1.28 bits per heavy atom. The molecule has 25 heavy (non-hydrogen) atoms. The van der Waals surface area contributed by atoms with E-state index >= 15 is 0 Å². The predicted octanol–water partition coefficient (Wildman–Crippen LogP) is 4.50. The van der Waals surface area contributed by atoms with Crippen molar-refractivity contribution in [1.82, 2.24) is 5.01 Å². The Morgan fingerprint density at radius 3 is 2.76 bits per heavy atom. The van der Waals surface area contributed by atoms with Crippen LogP contribution in [0.1, 0.15) is 11.1 Å². The lowest BCUT2D eigenvalue weighted by Gasteiger charge is -2.23. The molecule has 1 heterocycles. The van der Waals surface area contributed by atoms with E-state index in [4.69, 9.17) is 16.7 Å². The molecular weight excluding hydrogens is 362 g/mol. The van der Waals surface area contributed by atoms with Crippen molar-refractivity contribution in [1.29, 1.82) is 0 Å². The van der Waals surface area contributed by atoms with Gasteiger partial charge < -0.3 is 5.11 Å². The van der Waals surface area contributed by atoms with E-state index in [1.807, 2.05) is 18.2 Å². The molecule has 0 spiro atoms. The number of anilines is 1. The zero-order valence-electron chi connectivity index (χ0n) is 13.0. The zero-order chi connectivity index (χ0) is 17.8. The molecule has 0 radical (unpaired) electrons. The van der Waals surface area contributed by atoms with Crippen LogP contribution < -0.4 is 5.32 Å². The number of carbonyl (C=O) groups is 2. The van der Waals surface area contributed by atoms with Gasteiger partial charge in [-0.3, -0.25) is 10.1 Å². The van der Waals surface area contributed by atoms with E-state index in [1.165, 1.54) is 16.8 Å². The molecule has 8 heteroatoms. The van der Waals surface area contributed by atoms with Gasteiger partial charge >= 0.3 is 11.3 Å². The van der Waals surface area contributed by atoms with Gasteiger partial charge in [0.2, 0.25) is 0 Å². The number of nitrogens with zero attached hydrogens (tertiary/aromatic N) is 2.